The van der Waals surface area contributed by atoms with Gasteiger partial charge in [-0.25, -0.2) is 8.78 Å². The number of halogens is 2. The highest BCUT2D eigenvalue weighted by Crippen LogP contribution is 2.48. The maximum atomic E-state index is 14.3. The van der Waals surface area contributed by atoms with Crippen molar-refractivity contribution < 1.29 is 18.7 Å². The summed E-state index contributed by atoms with van der Waals surface area (Å²) in [6.45, 7) is 11.9. The molecule has 1 spiro atoms. The summed E-state index contributed by atoms with van der Waals surface area (Å²) in [7, 11) is 1.90. The number of carboxylic acids is 1. The number of carboxylic acid groups (broad SMARTS) is 1. The van der Waals surface area contributed by atoms with E-state index in [0.29, 0.717) is 12.0 Å². The van der Waals surface area contributed by atoms with Crippen LogP contribution in [-0.2, 0) is 23.2 Å². The first-order chi connectivity index (χ1) is 18.5. The number of hydrogen-bond acceptors (Lipinski definition) is 4. The molecule has 214 valence electrons. The molecule has 1 saturated heterocycles. The Kier molecular flexibility index (Phi) is 7.90. The van der Waals surface area contributed by atoms with Gasteiger partial charge < -0.3 is 10.0 Å². The predicted molar refractivity (Wildman–Crippen MR) is 148 cm³/mol. The van der Waals surface area contributed by atoms with Crippen molar-refractivity contribution in [1.29, 1.82) is 0 Å². The molecule has 2 unspecified atom stereocenters. The molecule has 3 aliphatic rings. The summed E-state index contributed by atoms with van der Waals surface area (Å²) in [6.07, 6.45) is 6.05. The molecule has 1 saturated carbocycles. The molecular weight excluding hydrogens is 498 g/mol. The number of rotatable bonds is 8. The van der Waals surface area contributed by atoms with Crippen LogP contribution >= 0.6 is 0 Å². The highest BCUT2D eigenvalue weighted by molar-refractivity contribution is 5.73. The van der Waals surface area contributed by atoms with Crippen molar-refractivity contribution in [2.75, 3.05) is 26.7 Å². The smallest absolute Gasteiger partial charge is 0.321 e. The van der Waals surface area contributed by atoms with E-state index >= 15 is 0 Å². The maximum Gasteiger partial charge on any atom is 0.321 e. The van der Waals surface area contributed by atoms with Crippen LogP contribution in [0.5, 0.6) is 0 Å². The Balaban J connectivity index is 1.34. The lowest BCUT2D eigenvalue weighted by Gasteiger charge is -2.41. The van der Waals surface area contributed by atoms with Crippen LogP contribution in [0.4, 0.5) is 8.78 Å². The average molecular weight is 543 g/mol. The molecule has 1 aliphatic heterocycles. The van der Waals surface area contributed by atoms with E-state index < -0.39 is 23.6 Å². The summed E-state index contributed by atoms with van der Waals surface area (Å²) in [5.74, 6) is -1.76. The molecule has 1 N–H and O–H groups in total. The Hall–Kier alpha value is -2.32. The van der Waals surface area contributed by atoms with Gasteiger partial charge in [0.05, 0.1) is 5.69 Å². The highest BCUT2D eigenvalue weighted by atomic mass is 19.1. The number of aryl methyl sites for hydroxylation is 2. The molecule has 2 fully saturated rings. The van der Waals surface area contributed by atoms with Gasteiger partial charge in [-0.2, -0.15) is 5.10 Å². The molecule has 4 atom stereocenters. The van der Waals surface area contributed by atoms with E-state index in [1.165, 1.54) is 35.5 Å². The Labute approximate surface area is 231 Å². The number of piperidine rings is 1. The normalized spacial score (nSPS) is 25.6. The zero-order chi connectivity index (χ0) is 28.1. The van der Waals surface area contributed by atoms with E-state index in [2.05, 4.69) is 23.4 Å². The monoisotopic (exact) mass is 542 g/mol. The number of aromatic nitrogens is 2. The number of benzene rings is 1. The van der Waals surface area contributed by atoms with Gasteiger partial charge in [-0.1, -0.05) is 13.8 Å². The zero-order valence-electron chi connectivity index (χ0n) is 24.1. The van der Waals surface area contributed by atoms with Crippen LogP contribution in [0.1, 0.15) is 81.3 Å². The molecule has 8 heteroatoms. The summed E-state index contributed by atoms with van der Waals surface area (Å²) < 4.78 is 30.8. The minimum absolute atomic E-state index is 0.0117. The molecule has 2 aliphatic carbocycles. The van der Waals surface area contributed by atoms with E-state index in [9.17, 15) is 18.7 Å². The summed E-state index contributed by atoms with van der Waals surface area (Å²) in [5.41, 5.74) is 5.00. The van der Waals surface area contributed by atoms with Gasteiger partial charge in [0.1, 0.15) is 17.7 Å². The second kappa shape index (κ2) is 10.9. The van der Waals surface area contributed by atoms with Gasteiger partial charge >= 0.3 is 5.97 Å². The number of fused-ring (bicyclic) bond motifs is 2. The van der Waals surface area contributed by atoms with Crippen molar-refractivity contribution in [1.82, 2.24) is 19.6 Å². The van der Waals surface area contributed by atoms with Gasteiger partial charge in [0.25, 0.3) is 0 Å². The van der Waals surface area contributed by atoms with Crippen LogP contribution in [0.25, 0.3) is 0 Å². The van der Waals surface area contributed by atoms with Crippen LogP contribution < -0.4 is 0 Å². The van der Waals surface area contributed by atoms with Crippen LogP contribution in [-0.4, -0.2) is 69.4 Å². The highest BCUT2D eigenvalue weighted by Gasteiger charge is 2.46. The standard InChI is InChI=1S/C31H44F2N4O2/c1-6-37-29-26(20(4)34-37)7-8-31(29)9-11-36(12-10-31)18-22-15-25(35(5)28(19(2)3)30(38)39)17-27(22)21-13-23(32)16-24(33)14-21/h13-14,16,19,22,25,27-28H,6-12,15,17-18H2,1-5H3,(H,38,39)/t22?,25?,27-,28-/m1/s1. The lowest BCUT2D eigenvalue weighted by Crippen LogP contribution is -2.47. The second-order valence-corrected chi connectivity index (χ2v) is 12.7. The van der Waals surface area contributed by atoms with Crippen LogP contribution in [0.2, 0.25) is 0 Å². The molecule has 0 bridgehead atoms. The lowest BCUT2D eigenvalue weighted by molar-refractivity contribution is -0.145. The summed E-state index contributed by atoms with van der Waals surface area (Å²) in [4.78, 5) is 16.6. The van der Waals surface area contributed by atoms with E-state index in [0.717, 1.165) is 57.9 Å². The van der Waals surface area contributed by atoms with Crippen molar-refractivity contribution in [2.24, 2.45) is 11.8 Å². The fourth-order valence-electron chi connectivity index (χ4n) is 8.19. The fraction of sp³-hybridized carbons (Fsp3) is 0.677. The summed E-state index contributed by atoms with van der Waals surface area (Å²) in [5, 5.41) is 14.7. The molecule has 0 radical (unpaired) electrons. The largest absolute Gasteiger partial charge is 0.480 e. The van der Waals surface area contributed by atoms with Gasteiger partial charge in [0.15, 0.2) is 0 Å². The minimum Gasteiger partial charge on any atom is -0.480 e. The van der Waals surface area contributed by atoms with E-state index in [-0.39, 0.29) is 29.2 Å². The molecule has 6 nitrogen and oxygen atoms in total. The number of likely N-dealkylation sites (N-methyl/N-ethyl adjacent to an activating group) is 1. The Morgan fingerprint density at radius 3 is 2.41 bits per heavy atom. The van der Waals surface area contributed by atoms with Crippen molar-refractivity contribution in [2.45, 2.75) is 96.2 Å². The minimum atomic E-state index is -0.817. The number of aliphatic carboxylic acids is 1. The van der Waals surface area contributed by atoms with Gasteiger partial charge in [0.2, 0.25) is 0 Å². The molecule has 2 aromatic rings. The molecule has 2 heterocycles. The van der Waals surface area contributed by atoms with Crippen molar-refractivity contribution >= 4 is 5.97 Å². The first-order valence-corrected chi connectivity index (χ1v) is 14.7. The van der Waals surface area contributed by atoms with Crippen LogP contribution in [0, 0.1) is 30.4 Å². The van der Waals surface area contributed by atoms with Crippen LogP contribution in [0.15, 0.2) is 18.2 Å². The third kappa shape index (κ3) is 5.26. The van der Waals surface area contributed by atoms with Crippen molar-refractivity contribution in [3.63, 3.8) is 0 Å². The molecule has 39 heavy (non-hydrogen) atoms. The van der Waals surface area contributed by atoms with Gasteiger partial charge in [-0.05, 0) is 114 Å². The van der Waals surface area contributed by atoms with E-state index in [1.807, 2.05) is 25.8 Å². The Morgan fingerprint density at radius 2 is 1.82 bits per heavy atom. The van der Waals surface area contributed by atoms with E-state index in [4.69, 9.17) is 5.10 Å². The third-order valence-electron chi connectivity index (χ3n) is 10.1. The van der Waals surface area contributed by atoms with Gasteiger partial charge in [0, 0.05) is 36.3 Å². The number of hydrogen-bond donors (Lipinski definition) is 1. The van der Waals surface area contributed by atoms with Gasteiger partial charge in [-0.3, -0.25) is 14.4 Å². The molecular formula is C31H44F2N4O2. The SMILES string of the molecule is CCn1nc(C)c2c1C1(CC2)CCN(CC2CC(N(C)[C@@H](C(=O)O)C(C)C)C[C@@H]2c2cc(F)cc(F)c2)CC1. The van der Waals surface area contributed by atoms with Crippen LogP contribution in [0.3, 0.4) is 0 Å². The number of nitrogens with zero attached hydrogens (tertiary/aromatic N) is 4. The zero-order valence-corrected chi connectivity index (χ0v) is 24.1. The second-order valence-electron chi connectivity index (χ2n) is 12.7. The quantitative estimate of drug-likeness (QED) is 0.486. The lowest BCUT2D eigenvalue weighted by atomic mass is 9.75. The molecule has 0 amide bonds. The third-order valence-corrected chi connectivity index (χ3v) is 10.1. The molecule has 1 aromatic heterocycles. The Bertz CT molecular complexity index is 1180. The fourth-order valence-corrected chi connectivity index (χ4v) is 8.19. The van der Waals surface area contributed by atoms with Crippen molar-refractivity contribution in [3.8, 4) is 0 Å². The number of likely N-dealkylation sites (tertiary alicyclic amines) is 1. The number of carbonyl (C=O) groups is 1. The first kappa shape index (κ1) is 28.2. The predicted octanol–water partition coefficient (Wildman–Crippen LogP) is 5.37. The molecule has 5 rings (SSSR count). The maximum absolute atomic E-state index is 14.3. The topological polar surface area (TPSA) is 61.6 Å². The summed E-state index contributed by atoms with van der Waals surface area (Å²) in [6, 6.07) is 3.33. The average Bonchev–Trinajstić information content (AvgIpc) is 3.54. The Morgan fingerprint density at radius 1 is 1.15 bits per heavy atom. The summed E-state index contributed by atoms with van der Waals surface area (Å²) >= 11 is 0. The van der Waals surface area contributed by atoms with Crippen molar-refractivity contribution in [3.05, 3.63) is 52.3 Å². The van der Waals surface area contributed by atoms with E-state index in [1.54, 1.807) is 0 Å². The molecule has 1 aromatic carbocycles. The first-order valence-electron chi connectivity index (χ1n) is 14.7. The van der Waals surface area contributed by atoms with Gasteiger partial charge in [-0.15, -0.1) is 0 Å².